The lowest BCUT2D eigenvalue weighted by Crippen LogP contribution is -2.39. The van der Waals surface area contributed by atoms with Gasteiger partial charge in [0.25, 0.3) is 0 Å². The predicted octanol–water partition coefficient (Wildman–Crippen LogP) is 8.19. The summed E-state index contributed by atoms with van der Waals surface area (Å²) in [5.74, 6) is 0. The van der Waals surface area contributed by atoms with Crippen LogP contribution in [0.1, 0.15) is 136 Å². The van der Waals surface area contributed by atoms with Crippen LogP contribution in [0.25, 0.3) is 0 Å². The Kier molecular flexibility index (Phi) is 21.6. The van der Waals surface area contributed by atoms with Crippen LogP contribution in [-0.4, -0.2) is 5.54 Å². The van der Waals surface area contributed by atoms with E-state index in [1.807, 2.05) is 0 Å². The fraction of sp³-hybridized carbons (Fsp3) is 1.00. The van der Waals surface area contributed by atoms with Gasteiger partial charge in [-0.05, 0) is 19.3 Å². The molecule has 24 heavy (non-hydrogen) atoms. The minimum atomic E-state index is 0. The van der Waals surface area contributed by atoms with Gasteiger partial charge in [0.1, 0.15) is 0 Å². The van der Waals surface area contributed by atoms with Crippen LogP contribution >= 0.6 is 12.4 Å². The second-order valence-corrected chi connectivity index (χ2v) is 7.86. The third-order valence-electron chi connectivity index (χ3n) is 5.33. The predicted molar refractivity (Wildman–Crippen MR) is 114 cm³/mol. The molecule has 0 saturated heterocycles. The van der Waals surface area contributed by atoms with E-state index in [-0.39, 0.29) is 17.9 Å². The third-order valence-corrected chi connectivity index (χ3v) is 5.33. The molecule has 0 aromatic rings. The molecule has 0 aliphatic heterocycles. The van der Waals surface area contributed by atoms with Crippen LogP contribution in [0.4, 0.5) is 0 Å². The lowest BCUT2D eigenvalue weighted by molar-refractivity contribution is 0.303. The average molecular weight is 362 g/mol. The molecule has 0 bridgehead atoms. The van der Waals surface area contributed by atoms with Gasteiger partial charge in [-0.15, -0.1) is 12.4 Å². The molecule has 0 fully saturated rings. The Hall–Kier alpha value is 0.250. The van der Waals surface area contributed by atoms with E-state index < -0.39 is 0 Å². The maximum atomic E-state index is 6.84. The molecule has 2 N–H and O–H groups in total. The quantitative estimate of drug-likeness (QED) is 0.244. The van der Waals surface area contributed by atoms with Gasteiger partial charge in [0.05, 0.1) is 0 Å². The van der Waals surface area contributed by atoms with E-state index in [2.05, 4.69) is 20.8 Å². The van der Waals surface area contributed by atoms with E-state index in [4.69, 9.17) is 5.73 Å². The van der Waals surface area contributed by atoms with Crippen LogP contribution in [0.2, 0.25) is 0 Å². The normalized spacial score (nSPS) is 11.5. The first-order valence-electron chi connectivity index (χ1n) is 11.0. The number of rotatable bonds is 18. The summed E-state index contributed by atoms with van der Waals surface area (Å²) in [5.41, 5.74) is 6.99. The summed E-state index contributed by atoms with van der Waals surface area (Å²) in [6, 6.07) is 0. The highest BCUT2D eigenvalue weighted by molar-refractivity contribution is 5.85. The Balaban J connectivity index is 0. The molecule has 0 unspecified atom stereocenters. The summed E-state index contributed by atoms with van der Waals surface area (Å²) in [7, 11) is 0. The summed E-state index contributed by atoms with van der Waals surface area (Å²) in [4.78, 5) is 0. The molecule has 0 spiro atoms. The van der Waals surface area contributed by atoms with Gasteiger partial charge in [-0.3, -0.25) is 0 Å². The fourth-order valence-corrected chi connectivity index (χ4v) is 3.62. The number of nitrogens with two attached hydrogens (primary N) is 1. The summed E-state index contributed by atoms with van der Waals surface area (Å²) in [5, 5.41) is 0. The number of halogens is 1. The molecule has 0 radical (unpaired) electrons. The Labute approximate surface area is 160 Å². The standard InChI is InChI=1S/C22H47N.ClH/c1-4-7-10-13-16-19-22(23,20-17-14-11-8-5-2)21-18-15-12-9-6-3;/h4-21,23H2,1-3H3;1H. The molecule has 0 aliphatic rings. The van der Waals surface area contributed by atoms with Crippen molar-refractivity contribution in [2.75, 3.05) is 0 Å². The largest absolute Gasteiger partial charge is 0.325 e. The Morgan fingerprint density at radius 2 is 0.708 bits per heavy atom. The molecule has 0 heterocycles. The minimum absolute atomic E-state index is 0. The first-order chi connectivity index (χ1) is 11.2. The molecular weight excluding hydrogens is 314 g/mol. The molecule has 2 heteroatoms. The second-order valence-electron chi connectivity index (χ2n) is 7.86. The van der Waals surface area contributed by atoms with Gasteiger partial charge in [-0.2, -0.15) is 0 Å². The van der Waals surface area contributed by atoms with Crippen LogP contribution in [0.3, 0.4) is 0 Å². The molecule has 0 aliphatic carbocycles. The van der Waals surface area contributed by atoms with Crippen LogP contribution in [0.15, 0.2) is 0 Å². The molecule has 0 aromatic heterocycles. The first-order valence-corrected chi connectivity index (χ1v) is 11.0. The smallest absolute Gasteiger partial charge is 0.0154 e. The van der Waals surface area contributed by atoms with E-state index in [0.29, 0.717) is 0 Å². The summed E-state index contributed by atoms with van der Waals surface area (Å²) < 4.78 is 0. The molecule has 0 aromatic carbocycles. The van der Waals surface area contributed by atoms with E-state index in [0.717, 1.165) is 0 Å². The fourth-order valence-electron chi connectivity index (χ4n) is 3.62. The van der Waals surface area contributed by atoms with Crippen LogP contribution in [-0.2, 0) is 0 Å². The molecule has 0 rings (SSSR count). The van der Waals surface area contributed by atoms with Crippen molar-refractivity contribution < 1.29 is 0 Å². The number of hydrogen-bond acceptors (Lipinski definition) is 1. The van der Waals surface area contributed by atoms with Gasteiger partial charge in [0, 0.05) is 5.54 Å². The highest BCUT2D eigenvalue weighted by Gasteiger charge is 2.23. The van der Waals surface area contributed by atoms with E-state index >= 15 is 0 Å². The van der Waals surface area contributed by atoms with Gasteiger partial charge in [-0.1, -0.05) is 117 Å². The van der Waals surface area contributed by atoms with Gasteiger partial charge in [-0.25, -0.2) is 0 Å². The highest BCUT2D eigenvalue weighted by atomic mass is 35.5. The maximum absolute atomic E-state index is 6.84. The van der Waals surface area contributed by atoms with Crippen molar-refractivity contribution in [2.45, 2.75) is 142 Å². The summed E-state index contributed by atoms with van der Waals surface area (Å²) in [6.07, 6.45) is 24.4. The van der Waals surface area contributed by atoms with Crippen molar-refractivity contribution in [2.24, 2.45) is 5.73 Å². The van der Waals surface area contributed by atoms with Crippen molar-refractivity contribution in [1.29, 1.82) is 0 Å². The molecule has 0 atom stereocenters. The summed E-state index contributed by atoms with van der Waals surface area (Å²) >= 11 is 0. The van der Waals surface area contributed by atoms with Gasteiger partial charge >= 0.3 is 0 Å². The average Bonchev–Trinajstić information content (AvgIpc) is 2.54. The van der Waals surface area contributed by atoms with Crippen molar-refractivity contribution >= 4 is 12.4 Å². The molecule has 148 valence electrons. The van der Waals surface area contributed by atoms with Gasteiger partial charge in [0.2, 0.25) is 0 Å². The van der Waals surface area contributed by atoms with Crippen molar-refractivity contribution in [3.05, 3.63) is 0 Å². The zero-order valence-electron chi connectivity index (χ0n) is 17.2. The van der Waals surface area contributed by atoms with Gasteiger partial charge in [0.15, 0.2) is 0 Å². The lowest BCUT2D eigenvalue weighted by Gasteiger charge is -2.30. The molecule has 0 saturated carbocycles. The third kappa shape index (κ3) is 17.1. The van der Waals surface area contributed by atoms with Crippen molar-refractivity contribution in [3.63, 3.8) is 0 Å². The minimum Gasteiger partial charge on any atom is -0.325 e. The zero-order valence-corrected chi connectivity index (χ0v) is 18.0. The molecular formula is C22H48ClN. The van der Waals surface area contributed by atoms with Crippen LogP contribution < -0.4 is 5.73 Å². The maximum Gasteiger partial charge on any atom is 0.0154 e. The van der Waals surface area contributed by atoms with Crippen molar-refractivity contribution in [1.82, 2.24) is 0 Å². The monoisotopic (exact) mass is 361 g/mol. The molecule has 0 amide bonds. The van der Waals surface area contributed by atoms with E-state index in [9.17, 15) is 0 Å². The lowest BCUT2D eigenvalue weighted by atomic mass is 9.82. The number of unbranched alkanes of at least 4 members (excludes halogenated alkanes) is 12. The summed E-state index contributed by atoms with van der Waals surface area (Å²) in [6.45, 7) is 6.87. The number of hydrogen-bond donors (Lipinski definition) is 1. The SMILES string of the molecule is CCCCCCCC(N)(CCCCCCC)CCCCCCC.Cl. The Bertz CT molecular complexity index is 194. The van der Waals surface area contributed by atoms with Crippen LogP contribution in [0, 0.1) is 0 Å². The Morgan fingerprint density at radius 3 is 0.958 bits per heavy atom. The topological polar surface area (TPSA) is 26.0 Å². The zero-order chi connectivity index (χ0) is 17.2. The molecule has 1 nitrogen and oxygen atoms in total. The highest BCUT2D eigenvalue weighted by Crippen LogP contribution is 2.26. The second kappa shape index (κ2) is 19.6. The van der Waals surface area contributed by atoms with Gasteiger partial charge < -0.3 is 5.73 Å². The van der Waals surface area contributed by atoms with Crippen LogP contribution in [0.5, 0.6) is 0 Å². The van der Waals surface area contributed by atoms with E-state index in [1.54, 1.807) is 0 Å². The van der Waals surface area contributed by atoms with Crippen molar-refractivity contribution in [3.8, 4) is 0 Å². The first kappa shape index (κ1) is 26.5. The Morgan fingerprint density at radius 1 is 0.458 bits per heavy atom. The van der Waals surface area contributed by atoms with E-state index in [1.165, 1.54) is 116 Å².